The van der Waals surface area contributed by atoms with Crippen LogP contribution in [0.4, 0.5) is 4.79 Å². The van der Waals surface area contributed by atoms with Gasteiger partial charge in [0.05, 0.1) is 6.10 Å². The number of unbranched alkanes of at least 4 members (excludes halogenated alkanes) is 4. The van der Waals surface area contributed by atoms with Gasteiger partial charge in [-0.3, -0.25) is 0 Å². The lowest BCUT2D eigenvalue weighted by molar-refractivity contribution is 0.139. The second-order valence-electron chi connectivity index (χ2n) is 10.3. The summed E-state index contributed by atoms with van der Waals surface area (Å²) in [5.74, 6) is 0. The number of carbonyl (C=O) groups is 1. The van der Waals surface area contributed by atoms with Crippen molar-refractivity contribution in [3.63, 3.8) is 0 Å². The van der Waals surface area contributed by atoms with E-state index < -0.39 is 11.6 Å². The molecular formula is C34H45NO5S. The molecular weight excluding hydrogens is 534 g/mol. The Balaban J connectivity index is 0.00000187. The summed E-state index contributed by atoms with van der Waals surface area (Å²) in [6, 6.07) is 25.1. The summed E-state index contributed by atoms with van der Waals surface area (Å²) >= 11 is -0.750. The van der Waals surface area contributed by atoms with Crippen molar-refractivity contribution in [3.8, 4) is 0 Å². The molecule has 0 heterocycles. The van der Waals surface area contributed by atoms with Crippen LogP contribution in [0.1, 0.15) is 91.4 Å². The predicted molar refractivity (Wildman–Crippen MR) is 165 cm³/mol. The van der Waals surface area contributed by atoms with Gasteiger partial charge in [-0.05, 0) is 85.3 Å². The van der Waals surface area contributed by atoms with Gasteiger partial charge in [-0.1, -0.05) is 99.0 Å². The van der Waals surface area contributed by atoms with Crippen molar-refractivity contribution < 1.29 is 23.1 Å². The fourth-order valence-electron chi connectivity index (χ4n) is 4.76. The minimum Gasteiger partial charge on any atom is -0.445 e. The number of aryl methyl sites for hydroxylation is 4. The average Bonchev–Trinajstić information content (AvgIpc) is 2.99. The van der Waals surface area contributed by atoms with Crippen molar-refractivity contribution >= 4 is 17.7 Å². The van der Waals surface area contributed by atoms with Crippen LogP contribution in [0.3, 0.4) is 0 Å². The number of rotatable bonds is 16. The molecule has 0 radical (unpaired) electrons. The van der Waals surface area contributed by atoms with Crippen molar-refractivity contribution in [2.45, 2.75) is 90.8 Å². The first kappa shape index (κ1) is 33.9. The van der Waals surface area contributed by atoms with Gasteiger partial charge in [0, 0.05) is 6.54 Å². The van der Waals surface area contributed by atoms with Crippen LogP contribution in [-0.4, -0.2) is 26.2 Å². The molecule has 0 saturated heterocycles. The smallest absolute Gasteiger partial charge is 0.407 e. The van der Waals surface area contributed by atoms with E-state index >= 15 is 0 Å². The molecule has 3 aromatic rings. The first-order chi connectivity index (χ1) is 20.0. The van der Waals surface area contributed by atoms with Crippen LogP contribution in [0.2, 0.25) is 0 Å². The van der Waals surface area contributed by atoms with Crippen LogP contribution in [0, 0.1) is 6.92 Å². The quantitative estimate of drug-likeness (QED) is 0.173. The number of hydrogen-bond donors (Lipinski definition) is 2. The van der Waals surface area contributed by atoms with E-state index in [0.717, 1.165) is 62.5 Å². The Hall–Kier alpha value is -3.29. The summed E-state index contributed by atoms with van der Waals surface area (Å²) in [5.41, 5.74) is 7.43. The molecule has 7 heteroatoms. The molecule has 0 spiro atoms. The lowest BCUT2D eigenvalue weighted by Crippen LogP contribution is -2.25. The molecule has 6 nitrogen and oxygen atoms in total. The van der Waals surface area contributed by atoms with Crippen molar-refractivity contribution in [2.75, 3.05) is 6.54 Å². The van der Waals surface area contributed by atoms with Gasteiger partial charge in [0.15, 0.2) is 0 Å². The molecule has 2 N–H and O–H groups in total. The zero-order valence-corrected chi connectivity index (χ0v) is 25.3. The van der Waals surface area contributed by atoms with E-state index in [4.69, 9.17) is 13.2 Å². The Bertz CT molecular complexity index is 1180. The molecule has 0 bridgehead atoms. The summed E-state index contributed by atoms with van der Waals surface area (Å²) in [4.78, 5) is 11.8. The summed E-state index contributed by atoms with van der Waals surface area (Å²) in [6.45, 7) is 5.24. The van der Waals surface area contributed by atoms with Gasteiger partial charge in [0.1, 0.15) is 6.61 Å². The molecule has 41 heavy (non-hydrogen) atoms. The lowest BCUT2D eigenvalue weighted by atomic mass is 9.97. The second-order valence-corrected chi connectivity index (χ2v) is 10.5. The van der Waals surface area contributed by atoms with Crippen molar-refractivity contribution in [1.82, 2.24) is 5.32 Å². The predicted octanol–water partition coefficient (Wildman–Crippen LogP) is 7.36. The number of aliphatic hydroxyl groups is 1. The molecule has 0 unspecified atom stereocenters. The van der Waals surface area contributed by atoms with Gasteiger partial charge in [0.2, 0.25) is 0 Å². The summed E-state index contributed by atoms with van der Waals surface area (Å²) < 4.78 is 21.8. The molecule has 1 amide bonds. The van der Waals surface area contributed by atoms with Gasteiger partial charge in [-0.2, -0.15) is 8.42 Å². The van der Waals surface area contributed by atoms with E-state index in [2.05, 4.69) is 61.6 Å². The number of ether oxygens (including phenoxy) is 1. The zero-order valence-electron chi connectivity index (χ0n) is 24.5. The molecule has 0 aliphatic carbocycles. The second kappa shape index (κ2) is 20.6. The normalized spacial score (nSPS) is 11.2. The van der Waals surface area contributed by atoms with Crippen LogP contribution in [0.25, 0.3) is 0 Å². The number of nitrogens with one attached hydrogen (secondary N) is 1. The molecule has 3 rings (SSSR count). The first-order valence-electron chi connectivity index (χ1n) is 14.7. The number of benzene rings is 3. The highest BCUT2D eigenvalue weighted by Gasteiger charge is 2.09. The van der Waals surface area contributed by atoms with E-state index in [0.29, 0.717) is 13.2 Å². The highest BCUT2D eigenvalue weighted by Crippen LogP contribution is 2.23. The molecule has 1 atom stereocenters. The van der Waals surface area contributed by atoms with Crippen LogP contribution < -0.4 is 5.32 Å². The fourth-order valence-corrected chi connectivity index (χ4v) is 4.76. The van der Waals surface area contributed by atoms with Crippen molar-refractivity contribution in [3.05, 3.63) is 106 Å². The number of alkyl carbamates (subject to hydrolysis) is 1. The van der Waals surface area contributed by atoms with Crippen LogP contribution in [-0.2, 0) is 42.2 Å². The van der Waals surface area contributed by atoms with Gasteiger partial charge in [-0.25, -0.2) is 4.79 Å². The van der Waals surface area contributed by atoms with Crippen LogP contribution >= 0.6 is 0 Å². The standard InChI is InChI=1S/C34H45NO3.O2S/c1-3-31-25-32(23-18-27(31)2)33(36)17-10-5-4-7-13-28-19-21-29(22-20-28)14-11-12-24-35-34(37)38-26-30-15-8-6-9-16-30;1-3-2/h6,8-9,15-16,18-23,25,33,36H,3-5,7,10-14,17,24,26H2,1-2H3,(H,35,37);/t33-;/m0./s1. The Labute approximate surface area is 249 Å². The third kappa shape index (κ3) is 14.3. The Morgan fingerprint density at radius 3 is 2.07 bits per heavy atom. The summed E-state index contributed by atoms with van der Waals surface area (Å²) in [6.07, 6.45) is 9.85. The van der Waals surface area contributed by atoms with Crippen LogP contribution in [0.15, 0.2) is 72.8 Å². The monoisotopic (exact) mass is 579 g/mol. The Kier molecular flexibility index (Phi) is 17.0. The average molecular weight is 580 g/mol. The SMILES string of the molecule is CCc1cc([C@@H](O)CCCCCCc2ccc(CCCCNC(=O)OCc3ccccc3)cc2)ccc1C.O=S=O. The third-order valence-electron chi connectivity index (χ3n) is 7.23. The van der Waals surface area contributed by atoms with Crippen molar-refractivity contribution in [1.29, 1.82) is 0 Å². The van der Waals surface area contributed by atoms with Gasteiger partial charge in [0.25, 0.3) is 0 Å². The minimum atomic E-state index is -0.750. The maximum absolute atomic E-state index is 11.8. The maximum Gasteiger partial charge on any atom is 0.407 e. The Morgan fingerprint density at radius 1 is 0.829 bits per heavy atom. The fraction of sp³-hybridized carbons (Fsp3) is 0.441. The number of aliphatic hydroxyl groups excluding tert-OH is 1. The topological polar surface area (TPSA) is 92.7 Å². The largest absolute Gasteiger partial charge is 0.445 e. The lowest BCUT2D eigenvalue weighted by Gasteiger charge is -2.13. The number of hydrogen-bond acceptors (Lipinski definition) is 5. The third-order valence-corrected chi connectivity index (χ3v) is 7.23. The van der Waals surface area contributed by atoms with Gasteiger partial charge >= 0.3 is 17.7 Å². The zero-order chi connectivity index (χ0) is 29.7. The van der Waals surface area contributed by atoms with E-state index in [9.17, 15) is 9.90 Å². The molecule has 0 aliphatic heterocycles. The molecule has 0 aromatic heterocycles. The summed E-state index contributed by atoms with van der Waals surface area (Å²) in [5, 5.41) is 13.4. The van der Waals surface area contributed by atoms with Crippen LogP contribution in [0.5, 0.6) is 0 Å². The number of amides is 1. The van der Waals surface area contributed by atoms with E-state index in [-0.39, 0.29) is 12.2 Å². The molecule has 222 valence electrons. The first-order valence-corrected chi connectivity index (χ1v) is 15.3. The maximum atomic E-state index is 11.8. The number of carbonyl (C=O) groups excluding carboxylic acids is 1. The van der Waals surface area contributed by atoms with Gasteiger partial charge in [-0.15, -0.1) is 0 Å². The van der Waals surface area contributed by atoms with Gasteiger partial charge < -0.3 is 15.2 Å². The molecule has 3 aromatic carbocycles. The minimum absolute atomic E-state index is 0.302. The van der Waals surface area contributed by atoms with Crippen molar-refractivity contribution in [2.24, 2.45) is 0 Å². The highest BCUT2D eigenvalue weighted by molar-refractivity contribution is 7.51. The Morgan fingerprint density at radius 2 is 1.44 bits per heavy atom. The van der Waals surface area contributed by atoms with E-state index in [1.165, 1.54) is 35.1 Å². The molecule has 0 saturated carbocycles. The molecule has 0 fully saturated rings. The van der Waals surface area contributed by atoms with E-state index in [1.807, 2.05) is 30.3 Å². The highest BCUT2D eigenvalue weighted by atomic mass is 32.1. The molecule has 0 aliphatic rings. The van der Waals surface area contributed by atoms with E-state index in [1.54, 1.807) is 0 Å². The summed E-state index contributed by atoms with van der Waals surface area (Å²) in [7, 11) is 0.